The minimum absolute atomic E-state index is 0. The highest BCUT2D eigenvalue weighted by atomic mass is 35.5. The van der Waals surface area contributed by atoms with Gasteiger partial charge in [-0.15, -0.1) is 12.4 Å². The number of amides is 1. The average molecular weight is 329 g/mol. The van der Waals surface area contributed by atoms with Crippen LogP contribution in [0.4, 0.5) is 4.39 Å². The number of nitrogens with one attached hydrogen (secondary N) is 2. The lowest BCUT2D eigenvalue weighted by Crippen LogP contribution is -2.50. The topological polar surface area (TPSA) is 61.4 Å². The number of benzene rings is 1. The third-order valence-electron chi connectivity index (χ3n) is 4.85. The van der Waals surface area contributed by atoms with Crippen LogP contribution in [0.15, 0.2) is 24.3 Å². The molecule has 0 radical (unpaired) electrons. The normalized spacial score (nSPS) is 25.9. The van der Waals surface area contributed by atoms with Gasteiger partial charge in [-0.05, 0) is 30.5 Å². The summed E-state index contributed by atoms with van der Waals surface area (Å²) < 4.78 is 13.4. The number of carbonyl (C=O) groups excluding carboxylic acids is 1. The maximum absolute atomic E-state index is 13.4. The van der Waals surface area contributed by atoms with Gasteiger partial charge in [-0.25, -0.2) is 4.39 Å². The maximum atomic E-state index is 13.4. The fraction of sp³-hybridized carbons (Fsp3) is 0.562. The van der Waals surface area contributed by atoms with Crippen molar-refractivity contribution in [2.75, 3.05) is 19.6 Å². The predicted octanol–water partition coefficient (Wildman–Crippen LogP) is 1.37. The first-order valence-corrected chi connectivity index (χ1v) is 7.55. The van der Waals surface area contributed by atoms with Crippen LogP contribution in [-0.4, -0.2) is 36.8 Å². The Morgan fingerprint density at radius 1 is 1.41 bits per heavy atom. The number of carbonyl (C=O) groups is 1. The molecule has 22 heavy (non-hydrogen) atoms. The Morgan fingerprint density at radius 3 is 2.73 bits per heavy atom. The lowest BCUT2D eigenvalue weighted by atomic mass is 9.63. The summed E-state index contributed by atoms with van der Waals surface area (Å²) in [7, 11) is 0. The second-order valence-corrected chi connectivity index (χ2v) is 6.14. The molecule has 2 atom stereocenters. The first kappa shape index (κ1) is 17.2. The first-order valence-electron chi connectivity index (χ1n) is 7.55. The highest BCUT2D eigenvalue weighted by Gasteiger charge is 2.45. The van der Waals surface area contributed by atoms with Gasteiger partial charge in [0.05, 0.1) is 11.5 Å². The minimum Gasteiger partial charge on any atom is -0.391 e. The van der Waals surface area contributed by atoms with Crippen molar-refractivity contribution in [3.63, 3.8) is 0 Å². The van der Waals surface area contributed by atoms with Crippen molar-refractivity contribution in [1.29, 1.82) is 0 Å². The van der Waals surface area contributed by atoms with Crippen molar-refractivity contribution in [3.8, 4) is 0 Å². The van der Waals surface area contributed by atoms with Crippen molar-refractivity contribution in [2.45, 2.75) is 30.8 Å². The van der Waals surface area contributed by atoms with Crippen LogP contribution in [0, 0.1) is 11.7 Å². The Labute approximate surface area is 135 Å². The van der Waals surface area contributed by atoms with Crippen molar-refractivity contribution in [2.24, 2.45) is 5.92 Å². The monoisotopic (exact) mass is 328 g/mol. The first-order chi connectivity index (χ1) is 10.1. The standard InChI is InChI=1S/C16H21FN2O2.ClH/c17-13-4-1-3-12(7-13)16(5-2-6-16)15(21)19-9-11-8-18-10-14(11)20;/h1,3-4,7,11,14,18,20H,2,5-6,8-10H2,(H,19,21);1H. The summed E-state index contributed by atoms with van der Waals surface area (Å²) in [6.07, 6.45) is 2.09. The summed E-state index contributed by atoms with van der Waals surface area (Å²) in [5, 5.41) is 15.8. The van der Waals surface area contributed by atoms with E-state index in [0.717, 1.165) is 24.8 Å². The molecular formula is C16H22ClFN2O2. The molecule has 3 rings (SSSR count). The summed E-state index contributed by atoms with van der Waals surface area (Å²) in [4.78, 5) is 12.6. The maximum Gasteiger partial charge on any atom is 0.230 e. The molecular weight excluding hydrogens is 307 g/mol. The second-order valence-electron chi connectivity index (χ2n) is 6.14. The fourth-order valence-electron chi connectivity index (χ4n) is 3.28. The Hall–Kier alpha value is -1.17. The fourth-order valence-corrected chi connectivity index (χ4v) is 3.28. The quantitative estimate of drug-likeness (QED) is 0.782. The van der Waals surface area contributed by atoms with Gasteiger partial charge in [0.1, 0.15) is 5.82 Å². The Morgan fingerprint density at radius 2 is 2.18 bits per heavy atom. The molecule has 1 aliphatic heterocycles. The zero-order chi connectivity index (χ0) is 14.9. The summed E-state index contributed by atoms with van der Waals surface area (Å²) in [5.41, 5.74) is 0.176. The summed E-state index contributed by atoms with van der Waals surface area (Å²) in [6.45, 7) is 1.76. The molecule has 0 bridgehead atoms. The van der Waals surface area contributed by atoms with Gasteiger partial charge in [0.2, 0.25) is 5.91 Å². The number of aliphatic hydroxyl groups is 1. The molecule has 6 heteroatoms. The molecule has 1 aromatic carbocycles. The van der Waals surface area contributed by atoms with Gasteiger partial charge in [0.15, 0.2) is 0 Å². The predicted molar refractivity (Wildman–Crippen MR) is 84.6 cm³/mol. The van der Waals surface area contributed by atoms with E-state index in [0.29, 0.717) is 19.6 Å². The Kier molecular flexibility index (Phi) is 5.42. The number of hydrogen-bond donors (Lipinski definition) is 3. The van der Waals surface area contributed by atoms with E-state index in [1.807, 2.05) is 6.07 Å². The molecule has 1 aromatic rings. The van der Waals surface area contributed by atoms with Gasteiger partial charge in [-0.1, -0.05) is 18.6 Å². The van der Waals surface area contributed by atoms with E-state index in [1.165, 1.54) is 12.1 Å². The smallest absolute Gasteiger partial charge is 0.230 e. The van der Waals surface area contributed by atoms with E-state index in [2.05, 4.69) is 10.6 Å². The molecule has 4 nitrogen and oxygen atoms in total. The molecule has 0 spiro atoms. The number of halogens is 2. The van der Waals surface area contributed by atoms with Gasteiger partial charge >= 0.3 is 0 Å². The Balaban J connectivity index is 0.00000176. The number of hydrogen-bond acceptors (Lipinski definition) is 3. The number of aliphatic hydroxyl groups excluding tert-OH is 1. The molecule has 0 aromatic heterocycles. The van der Waals surface area contributed by atoms with Crippen molar-refractivity contribution in [3.05, 3.63) is 35.6 Å². The van der Waals surface area contributed by atoms with Gasteiger partial charge < -0.3 is 15.7 Å². The van der Waals surface area contributed by atoms with Crippen LogP contribution in [0.5, 0.6) is 0 Å². The van der Waals surface area contributed by atoms with E-state index in [4.69, 9.17) is 0 Å². The van der Waals surface area contributed by atoms with Crippen LogP contribution in [0.25, 0.3) is 0 Å². The third-order valence-corrected chi connectivity index (χ3v) is 4.85. The summed E-state index contributed by atoms with van der Waals surface area (Å²) in [6, 6.07) is 6.34. The largest absolute Gasteiger partial charge is 0.391 e. The molecule has 2 aliphatic rings. The molecule has 1 aliphatic carbocycles. The number of rotatable bonds is 4. The molecule has 2 unspecified atom stereocenters. The second kappa shape index (κ2) is 6.94. The molecule has 122 valence electrons. The van der Waals surface area contributed by atoms with Gasteiger partial charge in [-0.2, -0.15) is 0 Å². The van der Waals surface area contributed by atoms with Gasteiger partial charge in [0.25, 0.3) is 0 Å². The van der Waals surface area contributed by atoms with Crippen LogP contribution in [-0.2, 0) is 10.2 Å². The van der Waals surface area contributed by atoms with Crippen molar-refractivity contribution >= 4 is 18.3 Å². The van der Waals surface area contributed by atoms with E-state index in [9.17, 15) is 14.3 Å². The van der Waals surface area contributed by atoms with E-state index in [-0.39, 0.29) is 30.0 Å². The van der Waals surface area contributed by atoms with Crippen LogP contribution in [0.3, 0.4) is 0 Å². The molecule has 1 saturated carbocycles. The number of β-amino-alcohol motifs (C(OH)–C–C–N with tert-alkyl or cyclic N) is 1. The van der Waals surface area contributed by atoms with Gasteiger partial charge in [0, 0.05) is 25.6 Å². The van der Waals surface area contributed by atoms with E-state index < -0.39 is 11.5 Å². The average Bonchev–Trinajstić information content (AvgIpc) is 2.81. The zero-order valence-electron chi connectivity index (χ0n) is 12.3. The van der Waals surface area contributed by atoms with Gasteiger partial charge in [-0.3, -0.25) is 4.79 Å². The molecule has 2 fully saturated rings. The van der Waals surface area contributed by atoms with E-state index in [1.54, 1.807) is 6.07 Å². The molecule has 1 heterocycles. The van der Waals surface area contributed by atoms with Crippen molar-refractivity contribution < 1.29 is 14.3 Å². The summed E-state index contributed by atoms with van der Waals surface area (Å²) in [5.74, 6) is -0.293. The minimum atomic E-state index is -0.584. The zero-order valence-corrected chi connectivity index (χ0v) is 13.2. The van der Waals surface area contributed by atoms with Crippen molar-refractivity contribution in [1.82, 2.24) is 10.6 Å². The SMILES string of the molecule is Cl.O=C(NCC1CNCC1O)C1(c2cccc(F)c2)CCC1. The summed E-state index contributed by atoms with van der Waals surface area (Å²) >= 11 is 0. The van der Waals surface area contributed by atoms with Crippen LogP contribution in [0.1, 0.15) is 24.8 Å². The molecule has 1 saturated heterocycles. The lowest BCUT2D eigenvalue weighted by Gasteiger charge is -2.41. The van der Waals surface area contributed by atoms with Crippen LogP contribution < -0.4 is 10.6 Å². The molecule has 3 N–H and O–H groups in total. The van der Waals surface area contributed by atoms with Crippen LogP contribution >= 0.6 is 12.4 Å². The van der Waals surface area contributed by atoms with Crippen LogP contribution in [0.2, 0.25) is 0 Å². The third kappa shape index (κ3) is 3.12. The molecule has 1 amide bonds. The highest BCUT2D eigenvalue weighted by molar-refractivity contribution is 5.89. The lowest BCUT2D eigenvalue weighted by molar-refractivity contribution is -0.130. The van der Waals surface area contributed by atoms with E-state index >= 15 is 0 Å². The Bertz CT molecular complexity index is 537. The highest BCUT2D eigenvalue weighted by Crippen LogP contribution is 2.44.